The van der Waals surface area contributed by atoms with Crippen LogP contribution in [0.4, 0.5) is 0 Å². The Morgan fingerprint density at radius 3 is 2.69 bits per heavy atom. The van der Waals surface area contributed by atoms with Gasteiger partial charge in [0.25, 0.3) is 0 Å². The quantitative estimate of drug-likeness (QED) is 0.773. The molecule has 1 aliphatic rings. The first-order valence-corrected chi connectivity index (χ1v) is 6.38. The maximum absolute atomic E-state index is 5.27. The van der Waals surface area contributed by atoms with Gasteiger partial charge in [0.2, 0.25) is 5.88 Å². The number of hydrogen-bond acceptors (Lipinski definition) is 2. The predicted molar refractivity (Wildman–Crippen MR) is 66.0 cm³/mol. The minimum Gasteiger partial charge on any atom is -0.481 e. The summed E-state index contributed by atoms with van der Waals surface area (Å²) in [6.07, 6.45) is 9.82. The van der Waals surface area contributed by atoms with Gasteiger partial charge in [0.05, 0.1) is 7.11 Å². The maximum Gasteiger partial charge on any atom is 0.216 e. The second-order valence-electron chi connectivity index (χ2n) is 4.63. The van der Waals surface area contributed by atoms with E-state index in [0.717, 1.165) is 18.2 Å². The second kappa shape index (κ2) is 5.33. The molecule has 1 fully saturated rings. The Kier molecular flexibility index (Phi) is 3.81. The van der Waals surface area contributed by atoms with Gasteiger partial charge < -0.3 is 4.74 Å². The molecular weight excluding hydrogens is 198 g/mol. The zero-order valence-corrected chi connectivity index (χ0v) is 10.3. The highest BCUT2D eigenvalue weighted by Gasteiger charge is 2.17. The molecule has 1 aliphatic carbocycles. The summed E-state index contributed by atoms with van der Waals surface area (Å²) in [5.74, 6) is 1.53. The molecule has 88 valence electrons. The third-order valence-corrected chi connectivity index (χ3v) is 3.60. The van der Waals surface area contributed by atoms with Crippen LogP contribution >= 0.6 is 0 Å². The Morgan fingerprint density at radius 2 is 2.06 bits per heavy atom. The van der Waals surface area contributed by atoms with Gasteiger partial charge in [-0.1, -0.05) is 26.2 Å². The Labute approximate surface area is 98.0 Å². The van der Waals surface area contributed by atoms with E-state index >= 15 is 0 Å². The van der Waals surface area contributed by atoms with Crippen molar-refractivity contribution in [1.82, 2.24) is 4.98 Å². The van der Waals surface area contributed by atoms with Gasteiger partial charge in [0.1, 0.15) is 0 Å². The molecule has 0 N–H and O–H groups in total. The van der Waals surface area contributed by atoms with Crippen LogP contribution in [-0.4, -0.2) is 12.1 Å². The van der Waals surface area contributed by atoms with E-state index in [1.54, 1.807) is 7.11 Å². The Bertz CT molecular complexity index is 343. The van der Waals surface area contributed by atoms with Crippen LogP contribution in [-0.2, 0) is 6.42 Å². The van der Waals surface area contributed by atoms with Crippen LogP contribution in [0.5, 0.6) is 5.88 Å². The van der Waals surface area contributed by atoms with Crippen molar-refractivity contribution in [2.24, 2.45) is 0 Å². The fourth-order valence-corrected chi connectivity index (χ4v) is 2.61. The van der Waals surface area contributed by atoms with Gasteiger partial charge in [-0.2, -0.15) is 0 Å². The van der Waals surface area contributed by atoms with Crippen molar-refractivity contribution in [2.75, 3.05) is 7.11 Å². The van der Waals surface area contributed by atoms with Crippen LogP contribution in [0, 0.1) is 0 Å². The highest BCUT2D eigenvalue weighted by molar-refractivity contribution is 5.31. The third-order valence-electron chi connectivity index (χ3n) is 3.60. The number of nitrogens with zero attached hydrogens (tertiary/aromatic N) is 1. The summed E-state index contributed by atoms with van der Waals surface area (Å²) in [5.41, 5.74) is 2.66. The van der Waals surface area contributed by atoms with Crippen LogP contribution in [0.15, 0.2) is 12.3 Å². The summed E-state index contributed by atoms with van der Waals surface area (Å²) in [6, 6.07) is 2.29. The first-order valence-electron chi connectivity index (χ1n) is 6.38. The van der Waals surface area contributed by atoms with Crippen molar-refractivity contribution in [3.63, 3.8) is 0 Å². The molecule has 0 radical (unpaired) electrons. The van der Waals surface area contributed by atoms with Crippen LogP contribution < -0.4 is 4.74 Å². The van der Waals surface area contributed by atoms with Gasteiger partial charge in [-0.05, 0) is 36.8 Å². The summed E-state index contributed by atoms with van der Waals surface area (Å²) in [5, 5.41) is 0. The van der Waals surface area contributed by atoms with E-state index in [2.05, 4.69) is 18.0 Å². The SMILES string of the molecule is CCc1cc(C2CCCCC2)cnc1OC. The van der Waals surface area contributed by atoms with Gasteiger partial charge in [-0.3, -0.25) is 0 Å². The largest absolute Gasteiger partial charge is 0.481 e. The smallest absolute Gasteiger partial charge is 0.216 e. The van der Waals surface area contributed by atoms with Crippen molar-refractivity contribution >= 4 is 0 Å². The molecule has 2 rings (SSSR count). The van der Waals surface area contributed by atoms with E-state index < -0.39 is 0 Å². The maximum atomic E-state index is 5.27. The first-order chi connectivity index (χ1) is 7.85. The lowest BCUT2D eigenvalue weighted by Crippen LogP contribution is -2.06. The van der Waals surface area contributed by atoms with Gasteiger partial charge in [0.15, 0.2) is 0 Å². The van der Waals surface area contributed by atoms with E-state index in [-0.39, 0.29) is 0 Å². The van der Waals surface area contributed by atoms with E-state index in [1.165, 1.54) is 43.2 Å². The Hall–Kier alpha value is -1.05. The molecule has 1 heterocycles. The molecule has 0 aromatic carbocycles. The average molecular weight is 219 g/mol. The number of methoxy groups -OCH3 is 1. The average Bonchev–Trinajstić information content (AvgIpc) is 2.39. The number of aromatic nitrogens is 1. The summed E-state index contributed by atoms with van der Waals surface area (Å²) in [7, 11) is 1.70. The molecule has 1 saturated carbocycles. The number of ether oxygens (including phenoxy) is 1. The molecule has 2 heteroatoms. The fraction of sp³-hybridized carbons (Fsp3) is 0.643. The van der Waals surface area contributed by atoms with E-state index in [9.17, 15) is 0 Å². The zero-order valence-electron chi connectivity index (χ0n) is 10.3. The summed E-state index contributed by atoms with van der Waals surface area (Å²) in [6.45, 7) is 2.16. The van der Waals surface area contributed by atoms with E-state index in [1.807, 2.05) is 6.20 Å². The molecule has 0 unspecified atom stereocenters. The highest BCUT2D eigenvalue weighted by atomic mass is 16.5. The van der Waals surface area contributed by atoms with Crippen molar-refractivity contribution < 1.29 is 4.74 Å². The number of hydrogen-bond donors (Lipinski definition) is 0. The molecule has 0 aliphatic heterocycles. The fourth-order valence-electron chi connectivity index (χ4n) is 2.61. The van der Waals surface area contributed by atoms with Crippen molar-refractivity contribution in [1.29, 1.82) is 0 Å². The Balaban J connectivity index is 2.20. The topological polar surface area (TPSA) is 22.1 Å². The molecule has 2 nitrogen and oxygen atoms in total. The minimum absolute atomic E-state index is 0.734. The molecule has 0 atom stereocenters. The number of pyridine rings is 1. The van der Waals surface area contributed by atoms with Gasteiger partial charge >= 0.3 is 0 Å². The van der Waals surface area contributed by atoms with E-state index in [4.69, 9.17) is 4.74 Å². The lowest BCUT2D eigenvalue weighted by Gasteiger charge is -2.22. The minimum atomic E-state index is 0.734. The van der Waals surface area contributed by atoms with Gasteiger partial charge in [-0.25, -0.2) is 4.98 Å². The monoisotopic (exact) mass is 219 g/mol. The summed E-state index contributed by atoms with van der Waals surface area (Å²) < 4.78 is 5.27. The molecular formula is C14H21NO. The second-order valence-corrected chi connectivity index (χ2v) is 4.63. The molecule has 0 spiro atoms. The van der Waals surface area contributed by atoms with Gasteiger partial charge in [-0.15, -0.1) is 0 Å². The van der Waals surface area contributed by atoms with Crippen molar-refractivity contribution in [3.05, 3.63) is 23.4 Å². The molecule has 1 aromatic rings. The molecule has 0 saturated heterocycles. The van der Waals surface area contributed by atoms with Crippen LogP contribution in [0.1, 0.15) is 56.1 Å². The summed E-state index contributed by atoms with van der Waals surface area (Å²) in [4.78, 5) is 4.42. The lowest BCUT2D eigenvalue weighted by atomic mass is 9.84. The Morgan fingerprint density at radius 1 is 1.31 bits per heavy atom. The molecule has 16 heavy (non-hydrogen) atoms. The lowest BCUT2D eigenvalue weighted by molar-refractivity contribution is 0.390. The van der Waals surface area contributed by atoms with E-state index in [0.29, 0.717) is 0 Å². The van der Waals surface area contributed by atoms with Crippen LogP contribution in [0.25, 0.3) is 0 Å². The molecule has 0 amide bonds. The summed E-state index contributed by atoms with van der Waals surface area (Å²) >= 11 is 0. The van der Waals surface area contributed by atoms with Crippen molar-refractivity contribution in [2.45, 2.75) is 51.4 Å². The standard InChI is InChI=1S/C14H21NO/c1-3-11-9-13(10-15-14(11)16-2)12-7-5-4-6-8-12/h9-10,12H,3-8H2,1-2H3. The normalized spacial score (nSPS) is 17.4. The van der Waals surface area contributed by atoms with Crippen LogP contribution in [0.2, 0.25) is 0 Å². The highest BCUT2D eigenvalue weighted by Crippen LogP contribution is 2.33. The zero-order chi connectivity index (χ0) is 11.4. The number of aryl methyl sites for hydroxylation is 1. The predicted octanol–water partition coefficient (Wildman–Crippen LogP) is 3.70. The third kappa shape index (κ3) is 2.37. The molecule has 0 bridgehead atoms. The van der Waals surface area contributed by atoms with Crippen LogP contribution in [0.3, 0.4) is 0 Å². The number of rotatable bonds is 3. The van der Waals surface area contributed by atoms with Gasteiger partial charge in [0, 0.05) is 11.8 Å². The molecule has 1 aromatic heterocycles. The van der Waals surface area contributed by atoms with Crippen molar-refractivity contribution in [3.8, 4) is 5.88 Å². The first kappa shape index (κ1) is 11.4.